The standard InChI is InChI=1S/C16H27IO4Si/c1-7-20-13(18)16(14(19)21-8-2)10-9-15(17,11-12(16)3)22(4,5)6/h3,7-11H2,1-2,4-6H3. The molecular formula is C16H27IO4Si. The Labute approximate surface area is 148 Å². The summed E-state index contributed by atoms with van der Waals surface area (Å²) in [6.07, 6.45) is 1.90. The van der Waals surface area contributed by atoms with Gasteiger partial charge in [-0.2, -0.15) is 0 Å². The van der Waals surface area contributed by atoms with Gasteiger partial charge in [-0.25, -0.2) is 0 Å². The molecule has 1 rings (SSSR count). The van der Waals surface area contributed by atoms with E-state index in [0.717, 1.165) is 6.42 Å². The monoisotopic (exact) mass is 438 g/mol. The van der Waals surface area contributed by atoms with Crippen molar-refractivity contribution >= 4 is 42.6 Å². The van der Waals surface area contributed by atoms with E-state index in [1.54, 1.807) is 13.8 Å². The molecule has 1 fully saturated rings. The van der Waals surface area contributed by atoms with Gasteiger partial charge in [0.05, 0.1) is 21.3 Å². The van der Waals surface area contributed by atoms with E-state index in [0.29, 0.717) is 18.4 Å². The fraction of sp³-hybridized carbons (Fsp3) is 0.750. The third-order valence-electron chi connectivity index (χ3n) is 4.59. The summed E-state index contributed by atoms with van der Waals surface area (Å²) in [7, 11) is -1.47. The van der Waals surface area contributed by atoms with E-state index in [1.807, 2.05) is 0 Å². The van der Waals surface area contributed by atoms with Gasteiger partial charge in [0, 0.05) is 3.04 Å². The Morgan fingerprint density at radius 3 is 1.91 bits per heavy atom. The van der Waals surface area contributed by atoms with E-state index in [2.05, 4.69) is 48.8 Å². The summed E-state index contributed by atoms with van der Waals surface area (Å²) in [6.45, 7) is 15.0. The van der Waals surface area contributed by atoms with Crippen LogP contribution in [0.25, 0.3) is 0 Å². The molecule has 126 valence electrons. The van der Waals surface area contributed by atoms with Gasteiger partial charge in [-0.1, -0.05) is 48.8 Å². The number of rotatable bonds is 5. The van der Waals surface area contributed by atoms with Gasteiger partial charge >= 0.3 is 11.9 Å². The Morgan fingerprint density at radius 1 is 1.14 bits per heavy atom. The molecule has 0 N–H and O–H groups in total. The van der Waals surface area contributed by atoms with Crippen molar-refractivity contribution in [2.24, 2.45) is 5.41 Å². The Hall–Kier alpha value is -0.373. The molecule has 0 aromatic carbocycles. The Kier molecular flexibility index (Phi) is 6.28. The molecule has 1 saturated carbocycles. The van der Waals surface area contributed by atoms with Crippen molar-refractivity contribution in [1.29, 1.82) is 0 Å². The van der Waals surface area contributed by atoms with Crippen LogP contribution in [0.3, 0.4) is 0 Å². The first-order valence-electron chi connectivity index (χ1n) is 7.76. The average Bonchev–Trinajstić information content (AvgIpc) is 2.38. The molecule has 1 aliphatic carbocycles. The second-order valence-corrected chi connectivity index (χ2v) is 15.4. The minimum atomic E-state index is -1.47. The lowest BCUT2D eigenvalue weighted by Gasteiger charge is -2.47. The van der Waals surface area contributed by atoms with Crippen LogP contribution in [0.5, 0.6) is 0 Å². The van der Waals surface area contributed by atoms with Crippen molar-refractivity contribution in [3.8, 4) is 0 Å². The van der Waals surface area contributed by atoms with Crippen molar-refractivity contribution in [2.75, 3.05) is 13.2 Å². The molecule has 1 atom stereocenters. The van der Waals surface area contributed by atoms with Crippen molar-refractivity contribution in [2.45, 2.75) is 55.8 Å². The first-order chi connectivity index (χ1) is 10.0. The zero-order valence-electron chi connectivity index (χ0n) is 14.3. The average molecular weight is 438 g/mol. The maximum Gasteiger partial charge on any atom is 0.327 e. The summed E-state index contributed by atoms with van der Waals surface area (Å²) in [5.74, 6) is -1.01. The highest BCUT2D eigenvalue weighted by molar-refractivity contribution is 14.1. The van der Waals surface area contributed by atoms with Crippen LogP contribution in [-0.2, 0) is 19.1 Å². The summed E-state index contributed by atoms with van der Waals surface area (Å²) in [5, 5.41) is 0. The lowest BCUT2D eigenvalue weighted by molar-refractivity contribution is -0.170. The molecule has 4 nitrogen and oxygen atoms in total. The van der Waals surface area contributed by atoms with E-state index >= 15 is 0 Å². The summed E-state index contributed by atoms with van der Waals surface area (Å²) in [5.41, 5.74) is -0.673. The van der Waals surface area contributed by atoms with Crippen LogP contribution in [0, 0.1) is 5.41 Å². The van der Waals surface area contributed by atoms with Gasteiger partial charge in [-0.3, -0.25) is 9.59 Å². The van der Waals surface area contributed by atoms with E-state index in [4.69, 9.17) is 9.47 Å². The third-order valence-corrected chi connectivity index (χ3v) is 13.5. The molecule has 0 saturated heterocycles. The predicted octanol–water partition coefficient (Wildman–Crippen LogP) is 3.89. The second-order valence-electron chi connectivity index (χ2n) is 6.84. The maximum absolute atomic E-state index is 12.5. The topological polar surface area (TPSA) is 52.6 Å². The molecule has 0 aromatic rings. The molecule has 0 aliphatic heterocycles. The number of carbonyl (C=O) groups is 2. The van der Waals surface area contributed by atoms with Gasteiger partial charge in [0.1, 0.15) is 0 Å². The second kappa shape index (κ2) is 7.03. The van der Waals surface area contributed by atoms with Crippen LogP contribution in [0.15, 0.2) is 12.2 Å². The largest absolute Gasteiger partial charge is 0.465 e. The predicted molar refractivity (Wildman–Crippen MR) is 98.8 cm³/mol. The summed E-state index contributed by atoms with van der Waals surface area (Å²) >= 11 is 2.51. The van der Waals surface area contributed by atoms with Crippen molar-refractivity contribution < 1.29 is 19.1 Å². The zero-order chi connectivity index (χ0) is 17.2. The van der Waals surface area contributed by atoms with Crippen LogP contribution < -0.4 is 0 Å². The van der Waals surface area contributed by atoms with Gasteiger partial charge in [0.15, 0.2) is 5.41 Å². The van der Waals surface area contributed by atoms with Gasteiger partial charge in [0.25, 0.3) is 0 Å². The highest BCUT2D eigenvalue weighted by Gasteiger charge is 2.58. The summed E-state index contributed by atoms with van der Waals surface area (Å²) in [6, 6.07) is 0. The lowest BCUT2D eigenvalue weighted by atomic mass is 9.70. The molecule has 0 heterocycles. The third kappa shape index (κ3) is 3.42. The minimum absolute atomic E-state index is 0.102. The highest BCUT2D eigenvalue weighted by Crippen LogP contribution is 2.52. The van der Waals surface area contributed by atoms with Crippen molar-refractivity contribution in [3.63, 3.8) is 0 Å². The van der Waals surface area contributed by atoms with E-state index in [1.165, 1.54) is 0 Å². The molecule has 0 aromatic heterocycles. The fourth-order valence-corrected chi connectivity index (χ4v) is 5.21. The normalized spacial score (nSPS) is 24.7. The molecular weight excluding hydrogens is 411 g/mol. The Balaban J connectivity index is 3.19. The number of hydrogen-bond donors (Lipinski definition) is 0. The summed E-state index contributed by atoms with van der Waals surface area (Å²) < 4.78 is 10.5. The summed E-state index contributed by atoms with van der Waals surface area (Å²) in [4.78, 5) is 25.1. The first kappa shape index (κ1) is 19.7. The number of esters is 2. The van der Waals surface area contributed by atoms with E-state index in [-0.39, 0.29) is 16.3 Å². The van der Waals surface area contributed by atoms with Crippen molar-refractivity contribution in [3.05, 3.63) is 12.2 Å². The van der Waals surface area contributed by atoms with E-state index in [9.17, 15) is 9.59 Å². The van der Waals surface area contributed by atoms with Crippen LogP contribution in [0.2, 0.25) is 19.6 Å². The molecule has 1 unspecified atom stereocenters. The molecule has 1 aliphatic rings. The van der Waals surface area contributed by atoms with Crippen LogP contribution in [0.1, 0.15) is 33.1 Å². The lowest BCUT2D eigenvalue weighted by Crippen LogP contribution is -2.55. The van der Waals surface area contributed by atoms with E-state index < -0.39 is 25.4 Å². The molecule has 0 amide bonds. The molecule has 0 radical (unpaired) electrons. The Morgan fingerprint density at radius 2 is 1.59 bits per heavy atom. The van der Waals surface area contributed by atoms with Gasteiger partial charge < -0.3 is 9.47 Å². The molecule has 6 heteroatoms. The molecule has 22 heavy (non-hydrogen) atoms. The highest BCUT2D eigenvalue weighted by atomic mass is 127. The smallest absolute Gasteiger partial charge is 0.327 e. The number of alkyl halides is 1. The van der Waals surface area contributed by atoms with Gasteiger partial charge in [-0.05, 0) is 38.7 Å². The number of carbonyl (C=O) groups excluding carboxylic acids is 2. The van der Waals surface area contributed by atoms with Gasteiger partial charge in [-0.15, -0.1) is 0 Å². The minimum Gasteiger partial charge on any atom is -0.465 e. The maximum atomic E-state index is 12.5. The van der Waals surface area contributed by atoms with Crippen LogP contribution in [0.4, 0.5) is 0 Å². The SMILES string of the molecule is C=C1CC(I)([Si](C)(C)C)CCC1(C(=O)OCC)C(=O)OCC. The first-order valence-corrected chi connectivity index (χ1v) is 12.3. The number of ether oxygens (including phenoxy) is 2. The number of halogens is 1. The van der Waals surface area contributed by atoms with Gasteiger partial charge in [0.2, 0.25) is 0 Å². The Bertz CT molecular complexity index is 451. The fourth-order valence-electron chi connectivity index (χ4n) is 2.86. The molecule has 0 spiro atoms. The van der Waals surface area contributed by atoms with Crippen LogP contribution in [-0.4, -0.2) is 36.3 Å². The molecule has 0 bridgehead atoms. The quantitative estimate of drug-likeness (QED) is 0.163. The van der Waals surface area contributed by atoms with Crippen molar-refractivity contribution in [1.82, 2.24) is 0 Å². The zero-order valence-corrected chi connectivity index (χ0v) is 17.4. The number of hydrogen-bond acceptors (Lipinski definition) is 4. The van der Waals surface area contributed by atoms with Crippen LogP contribution >= 0.6 is 22.6 Å².